The molecule has 25 heavy (non-hydrogen) atoms. The lowest BCUT2D eigenvalue weighted by molar-refractivity contribution is -0.140. The molecule has 0 atom stereocenters. The molecule has 0 heterocycles. The smallest absolute Gasteiger partial charge is 0.341 e. The molecule has 0 unspecified atom stereocenters. The number of carboxylic acid groups (broad SMARTS) is 1. The van der Waals surface area contributed by atoms with Crippen LogP contribution in [0.3, 0.4) is 0 Å². The molecule has 0 aromatic heterocycles. The van der Waals surface area contributed by atoms with E-state index in [0.717, 1.165) is 19.3 Å². The quantitative estimate of drug-likeness (QED) is 0.213. The highest BCUT2D eigenvalue weighted by Crippen LogP contribution is 2.12. The second-order valence-electron chi connectivity index (χ2n) is 5.95. The van der Waals surface area contributed by atoms with Gasteiger partial charge in [-0.2, -0.15) is 0 Å². The summed E-state index contributed by atoms with van der Waals surface area (Å²) in [6.45, 7) is 3.77. The average Bonchev–Trinajstić information content (AvgIpc) is 2.58. The van der Waals surface area contributed by atoms with Gasteiger partial charge in [-0.05, 0) is 37.1 Å². The summed E-state index contributed by atoms with van der Waals surface area (Å²) < 4.78 is 5.18. The SMILES string of the molecule is CCCCCCCCOC(=O)C(=Cc1ccc(C(=O)O)cc1)C(C)=O. The number of aromatic carboxylic acids is 1. The second-order valence-corrected chi connectivity index (χ2v) is 5.95. The number of carbonyl (C=O) groups excluding carboxylic acids is 2. The first kappa shape index (κ1) is 20.6. The van der Waals surface area contributed by atoms with Crippen LogP contribution in [0, 0.1) is 0 Å². The van der Waals surface area contributed by atoms with E-state index in [2.05, 4.69) is 6.92 Å². The van der Waals surface area contributed by atoms with Gasteiger partial charge in [-0.1, -0.05) is 51.2 Å². The maximum absolute atomic E-state index is 12.1. The van der Waals surface area contributed by atoms with Crippen LogP contribution in [0.2, 0.25) is 0 Å². The van der Waals surface area contributed by atoms with Crippen molar-refractivity contribution >= 4 is 23.8 Å². The largest absolute Gasteiger partial charge is 0.478 e. The molecule has 0 spiro atoms. The monoisotopic (exact) mass is 346 g/mol. The summed E-state index contributed by atoms with van der Waals surface area (Å²) in [5.41, 5.74) is 0.688. The van der Waals surface area contributed by atoms with Crippen LogP contribution in [0.1, 0.15) is 68.3 Å². The average molecular weight is 346 g/mol. The maximum Gasteiger partial charge on any atom is 0.341 e. The molecule has 0 bridgehead atoms. The van der Waals surface area contributed by atoms with E-state index in [1.165, 1.54) is 44.4 Å². The molecule has 0 aliphatic rings. The number of unbranched alkanes of at least 4 members (excludes halogenated alkanes) is 5. The maximum atomic E-state index is 12.1. The minimum atomic E-state index is -1.03. The van der Waals surface area contributed by atoms with Gasteiger partial charge in [-0.3, -0.25) is 4.79 Å². The summed E-state index contributed by atoms with van der Waals surface area (Å²) in [5.74, 6) is -2.04. The Hall–Kier alpha value is -2.43. The molecule has 1 N–H and O–H groups in total. The molecule has 0 radical (unpaired) electrons. The third-order valence-corrected chi connectivity index (χ3v) is 3.80. The first-order chi connectivity index (χ1) is 12.0. The lowest BCUT2D eigenvalue weighted by Crippen LogP contribution is -2.14. The number of carbonyl (C=O) groups is 3. The van der Waals surface area contributed by atoms with E-state index < -0.39 is 11.9 Å². The molecule has 5 heteroatoms. The molecule has 1 rings (SSSR count). The molecule has 5 nitrogen and oxygen atoms in total. The fourth-order valence-corrected chi connectivity index (χ4v) is 2.32. The van der Waals surface area contributed by atoms with Crippen molar-refractivity contribution in [3.63, 3.8) is 0 Å². The lowest BCUT2D eigenvalue weighted by atomic mass is 10.1. The Morgan fingerprint density at radius 1 is 1.00 bits per heavy atom. The molecular weight excluding hydrogens is 320 g/mol. The Kier molecular flexibility index (Phi) is 9.22. The molecule has 1 aromatic rings. The van der Waals surface area contributed by atoms with Gasteiger partial charge in [0.15, 0.2) is 5.78 Å². The van der Waals surface area contributed by atoms with Gasteiger partial charge in [-0.25, -0.2) is 9.59 Å². The highest BCUT2D eigenvalue weighted by atomic mass is 16.5. The molecule has 0 amide bonds. The van der Waals surface area contributed by atoms with Gasteiger partial charge in [0.2, 0.25) is 0 Å². The highest BCUT2D eigenvalue weighted by Gasteiger charge is 2.16. The zero-order chi connectivity index (χ0) is 18.7. The highest BCUT2D eigenvalue weighted by molar-refractivity contribution is 6.19. The van der Waals surface area contributed by atoms with E-state index in [1.807, 2.05) is 0 Å². The van der Waals surface area contributed by atoms with Gasteiger partial charge in [0.1, 0.15) is 5.57 Å². The molecule has 1 aromatic carbocycles. The van der Waals surface area contributed by atoms with Crippen LogP contribution < -0.4 is 0 Å². The first-order valence-electron chi connectivity index (χ1n) is 8.68. The van der Waals surface area contributed by atoms with Crippen LogP contribution in [-0.4, -0.2) is 29.4 Å². The van der Waals surface area contributed by atoms with Gasteiger partial charge in [0.25, 0.3) is 0 Å². The zero-order valence-electron chi connectivity index (χ0n) is 14.9. The van der Waals surface area contributed by atoms with E-state index in [9.17, 15) is 14.4 Å². The number of esters is 1. The number of ether oxygens (including phenoxy) is 1. The molecule has 0 aliphatic carbocycles. The van der Waals surface area contributed by atoms with Crippen molar-refractivity contribution in [1.29, 1.82) is 0 Å². The Labute approximate surface area is 148 Å². The van der Waals surface area contributed by atoms with Crippen LogP contribution in [0.4, 0.5) is 0 Å². The van der Waals surface area contributed by atoms with Crippen molar-refractivity contribution in [2.24, 2.45) is 0 Å². The summed E-state index contributed by atoms with van der Waals surface area (Å²) in [6, 6.07) is 5.95. The topological polar surface area (TPSA) is 80.7 Å². The normalized spacial score (nSPS) is 11.2. The van der Waals surface area contributed by atoms with Crippen LogP contribution in [0.5, 0.6) is 0 Å². The van der Waals surface area contributed by atoms with Crippen molar-refractivity contribution < 1.29 is 24.2 Å². The van der Waals surface area contributed by atoms with Crippen LogP contribution in [0.25, 0.3) is 6.08 Å². The van der Waals surface area contributed by atoms with Crippen LogP contribution in [0.15, 0.2) is 29.8 Å². The third-order valence-electron chi connectivity index (χ3n) is 3.80. The molecule has 0 aliphatic heterocycles. The fourth-order valence-electron chi connectivity index (χ4n) is 2.32. The van der Waals surface area contributed by atoms with E-state index in [0.29, 0.717) is 12.2 Å². The fraction of sp³-hybridized carbons (Fsp3) is 0.450. The number of rotatable bonds is 11. The van der Waals surface area contributed by atoms with Crippen molar-refractivity contribution in [2.75, 3.05) is 6.61 Å². The van der Waals surface area contributed by atoms with Crippen LogP contribution in [-0.2, 0) is 14.3 Å². The summed E-state index contributed by atoms with van der Waals surface area (Å²) in [5, 5.41) is 8.88. The van der Waals surface area contributed by atoms with E-state index in [4.69, 9.17) is 9.84 Å². The summed E-state index contributed by atoms with van der Waals surface area (Å²) in [7, 11) is 0. The third kappa shape index (κ3) is 7.79. The number of ketones is 1. The standard InChI is InChI=1S/C20H26O5/c1-3-4-5-6-7-8-13-25-20(24)18(15(2)21)14-16-9-11-17(12-10-16)19(22)23/h9-12,14H,3-8,13H2,1-2H3,(H,22,23). The van der Waals surface area contributed by atoms with Crippen molar-refractivity contribution in [2.45, 2.75) is 52.4 Å². The molecule has 136 valence electrons. The lowest BCUT2D eigenvalue weighted by Gasteiger charge is -2.06. The van der Waals surface area contributed by atoms with Crippen molar-refractivity contribution in [3.05, 3.63) is 41.0 Å². The van der Waals surface area contributed by atoms with Crippen molar-refractivity contribution in [1.82, 2.24) is 0 Å². The summed E-state index contributed by atoms with van der Waals surface area (Å²) in [6.07, 6.45) is 7.94. The van der Waals surface area contributed by atoms with Gasteiger partial charge in [0.05, 0.1) is 12.2 Å². The Bertz CT molecular complexity index is 613. The van der Waals surface area contributed by atoms with E-state index >= 15 is 0 Å². The molecule has 0 saturated heterocycles. The summed E-state index contributed by atoms with van der Waals surface area (Å²) in [4.78, 5) is 34.6. The Morgan fingerprint density at radius 2 is 1.60 bits per heavy atom. The van der Waals surface area contributed by atoms with E-state index in [1.54, 1.807) is 12.1 Å². The first-order valence-corrected chi connectivity index (χ1v) is 8.68. The number of hydrogen-bond donors (Lipinski definition) is 1. The van der Waals surface area contributed by atoms with Gasteiger partial charge < -0.3 is 9.84 Å². The van der Waals surface area contributed by atoms with Crippen LogP contribution >= 0.6 is 0 Å². The minimum absolute atomic E-state index is 0.0333. The van der Waals surface area contributed by atoms with E-state index in [-0.39, 0.29) is 16.9 Å². The zero-order valence-corrected chi connectivity index (χ0v) is 14.9. The molecule has 0 fully saturated rings. The van der Waals surface area contributed by atoms with Crippen molar-refractivity contribution in [3.8, 4) is 0 Å². The Morgan fingerprint density at radius 3 is 2.16 bits per heavy atom. The van der Waals surface area contributed by atoms with Gasteiger partial charge in [-0.15, -0.1) is 0 Å². The van der Waals surface area contributed by atoms with Gasteiger partial charge >= 0.3 is 11.9 Å². The second kappa shape index (κ2) is 11.2. The predicted molar refractivity (Wildman–Crippen MR) is 96.4 cm³/mol. The number of carboxylic acids is 1. The Balaban J connectivity index is 2.58. The molecule has 0 saturated carbocycles. The number of benzene rings is 1. The predicted octanol–water partition coefficient (Wildman–Crippen LogP) is 4.26. The number of hydrogen-bond acceptors (Lipinski definition) is 4. The summed E-state index contributed by atoms with van der Waals surface area (Å²) >= 11 is 0. The molecular formula is C20H26O5. The van der Waals surface area contributed by atoms with Gasteiger partial charge in [0, 0.05) is 0 Å². The number of Topliss-reactive ketones (excluding diaryl/α,β-unsaturated/α-hetero) is 1. The minimum Gasteiger partial charge on any atom is -0.478 e.